The predicted molar refractivity (Wildman–Crippen MR) is 56.1 cm³/mol. The summed E-state index contributed by atoms with van der Waals surface area (Å²) in [5.41, 5.74) is 0. The molecule has 0 saturated carbocycles. The van der Waals surface area contributed by atoms with Crippen LogP contribution >= 0.6 is 0 Å². The predicted octanol–water partition coefficient (Wildman–Crippen LogP) is -0.228. The Morgan fingerprint density at radius 1 is 1.60 bits per heavy atom. The van der Waals surface area contributed by atoms with Gasteiger partial charge in [-0.15, -0.1) is 10.2 Å². The fraction of sp³-hybridized carbons (Fsp3) is 0.889. The number of nitrogens with zero attached hydrogens (tertiary/aromatic N) is 4. The second-order valence-electron chi connectivity index (χ2n) is 4.26. The third-order valence-corrected chi connectivity index (χ3v) is 3.15. The lowest BCUT2D eigenvalue weighted by molar-refractivity contribution is 0.167. The number of rotatable bonds is 3. The largest absolute Gasteiger partial charge is 0.307 e. The first-order valence-corrected chi connectivity index (χ1v) is 5.41. The maximum Gasteiger partial charge on any atom is 0.188 e. The highest BCUT2D eigenvalue weighted by molar-refractivity contribution is 4.83. The van der Waals surface area contributed by atoms with Crippen molar-refractivity contribution in [1.29, 1.82) is 0 Å². The van der Waals surface area contributed by atoms with Crippen LogP contribution < -0.4 is 5.32 Å². The maximum atomic E-state index is 3.91. The van der Waals surface area contributed by atoms with E-state index < -0.39 is 0 Å². The van der Waals surface area contributed by atoms with Crippen molar-refractivity contribution in [2.24, 2.45) is 0 Å². The maximum absolute atomic E-state index is 3.91. The number of hydrogen-bond donors (Lipinski definition) is 2. The van der Waals surface area contributed by atoms with Crippen molar-refractivity contribution < 1.29 is 0 Å². The summed E-state index contributed by atoms with van der Waals surface area (Å²) < 4.78 is 0. The van der Waals surface area contributed by atoms with Crippen LogP contribution in [0.3, 0.4) is 0 Å². The molecule has 2 rings (SSSR count). The molecule has 1 fully saturated rings. The Morgan fingerprint density at radius 2 is 2.47 bits per heavy atom. The highest BCUT2D eigenvalue weighted by atomic mass is 15.5. The van der Waals surface area contributed by atoms with E-state index in [0.717, 1.165) is 12.4 Å². The van der Waals surface area contributed by atoms with Gasteiger partial charge in [-0.3, -0.25) is 0 Å². The molecule has 1 aromatic heterocycles. The molecule has 6 heteroatoms. The van der Waals surface area contributed by atoms with Crippen LogP contribution in [0.2, 0.25) is 0 Å². The highest BCUT2D eigenvalue weighted by Crippen LogP contribution is 2.15. The van der Waals surface area contributed by atoms with E-state index in [9.17, 15) is 0 Å². The van der Waals surface area contributed by atoms with Crippen molar-refractivity contribution in [3.05, 3.63) is 5.82 Å². The van der Waals surface area contributed by atoms with Crippen molar-refractivity contribution in [1.82, 2.24) is 30.8 Å². The van der Waals surface area contributed by atoms with Gasteiger partial charge in [0.05, 0.1) is 6.54 Å². The first-order valence-electron chi connectivity index (χ1n) is 5.41. The van der Waals surface area contributed by atoms with Gasteiger partial charge < -0.3 is 10.2 Å². The number of likely N-dealkylation sites (tertiary alicyclic amines) is 1. The zero-order valence-electron chi connectivity index (χ0n) is 9.27. The van der Waals surface area contributed by atoms with Crippen molar-refractivity contribution in [3.63, 3.8) is 0 Å². The summed E-state index contributed by atoms with van der Waals surface area (Å²) in [7, 11) is 2.18. The van der Waals surface area contributed by atoms with Gasteiger partial charge in [-0.05, 0) is 33.4 Å². The van der Waals surface area contributed by atoms with E-state index in [0.29, 0.717) is 18.6 Å². The Morgan fingerprint density at radius 3 is 3.13 bits per heavy atom. The Bertz CT molecular complexity index is 285. The first-order chi connectivity index (χ1) is 7.25. The zero-order chi connectivity index (χ0) is 10.7. The number of hydrogen-bond acceptors (Lipinski definition) is 5. The summed E-state index contributed by atoms with van der Waals surface area (Å²) >= 11 is 0. The molecule has 2 atom stereocenters. The van der Waals surface area contributed by atoms with Crippen molar-refractivity contribution in [2.45, 2.75) is 38.4 Å². The molecule has 2 N–H and O–H groups in total. The van der Waals surface area contributed by atoms with Crippen LogP contribution in [0, 0.1) is 0 Å². The van der Waals surface area contributed by atoms with Gasteiger partial charge in [0, 0.05) is 12.1 Å². The number of piperidine rings is 1. The van der Waals surface area contributed by atoms with E-state index in [4.69, 9.17) is 0 Å². The zero-order valence-corrected chi connectivity index (χ0v) is 9.27. The molecule has 0 radical (unpaired) electrons. The van der Waals surface area contributed by atoms with Crippen LogP contribution in [0.25, 0.3) is 0 Å². The SMILES string of the molecule is CC1CC(NCc2nn[nH]n2)CCN1C. The Labute approximate surface area is 89.4 Å². The standard InChI is InChI=1S/C9H18N6/c1-7-5-8(3-4-15(7)2)10-6-9-11-13-14-12-9/h7-8,10H,3-6H2,1-2H3,(H,11,12,13,14). The molecular formula is C9H18N6. The second kappa shape index (κ2) is 4.67. The molecule has 84 valence electrons. The Hall–Kier alpha value is -1.01. The van der Waals surface area contributed by atoms with E-state index in [1.54, 1.807) is 0 Å². The van der Waals surface area contributed by atoms with Crippen LogP contribution in [0.1, 0.15) is 25.6 Å². The summed E-state index contributed by atoms with van der Waals surface area (Å²) in [5, 5.41) is 17.3. The smallest absolute Gasteiger partial charge is 0.188 e. The minimum Gasteiger partial charge on any atom is -0.307 e. The minimum absolute atomic E-state index is 0.578. The topological polar surface area (TPSA) is 69.7 Å². The molecular weight excluding hydrogens is 192 g/mol. The van der Waals surface area contributed by atoms with E-state index in [1.165, 1.54) is 12.8 Å². The van der Waals surface area contributed by atoms with E-state index in [-0.39, 0.29) is 0 Å². The quantitative estimate of drug-likeness (QED) is 0.721. The molecule has 6 nitrogen and oxygen atoms in total. The van der Waals surface area contributed by atoms with Gasteiger partial charge in [0.2, 0.25) is 0 Å². The molecule has 1 aromatic rings. The highest BCUT2D eigenvalue weighted by Gasteiger charge is 2.22. The summed E-state index contributed by atoms with van der Waals surface area (Å²) in [4.78, 5) is 2.40. The fourth-order valence-corrected chi connectivity index (χ4v) is 1.97. The lowest BCUT2D eigenvalue weighted by Gasteiger charge is -2.35. The number of aromatic nitrogens is 4. The van der Waals surface area contributed by atoms with Gasteiger partial charge in [-0.25, -0.2) is 0 Å². The van der Waals surface area contributed by atoms with Crippen LogP contribution in [0.15, 0.2) is 0 Å². The van der Waals surface area contributed by atoms with Crippen molar-refractivity contribution in [3.8, 4) is 0 Å². The van der Waals surface area contributed by atoms with E-state index in [2.05, 4.69) is 44.8 Å². The van der Waals surface area contributed by atoms with Crippen molar-refractivity contribution in [2.75, 3.05) is 13.6 Å². The normalized spacial score (nSPS) is 28.1. The molecule has 2 unspecified atom stereocenters. The number of H-pyrrole nitrogens is 1. The number of tetrazole rings is 1. The number of nitrogens with one attached hydrogen (secondary N) is 2. The average molecular weight is 210 g/mol. The van der Waals surface area contributed by atoms with Crippen molar-refractivity contribution >= 4 is 0 Å². The lowest BCUT2D eigenvalue weighted by atomic mass is 9.99. The second-order valence-corrected chi connectivity index (χ2v) is 4.26. The molecule has 0 aliphatic carbocycles. The van der Waals surface area contributed by atoms with Gasteiger partial charge in [0.1, 0.15) is 0 Å². The van der Waals surface area contributed by atoms with Crippen LogP contribution in [0.5, 0.6) is 0 Å². The average Bonchev–Trinajstić information content (AvgIpc) is 2.73. The lowest BCUT2D eigenvalue weighted by Crippen LogP contribution is -2.45. The molecule has 0 spiro atoms. The van der Waals surface area contributed by atoms with Gasteiger partial charge in [-0.1, -0.05) is 5.21 Å². The van der Waals surface area contributed by atoms with Crippen LogP contribution in [-0.4, -0.2) is 51.2 Å². The monoisotopic (exact) mass is 210 g/mol. The van der Waals surface area contributed by atoms with Crippen LogP contribution in [-0.2, 0) is 6.54 Å². The summed E-state index contributed by atoms with van der Waals surface area (Å²) in [6.07, 6.45) is 2.38. The Balaban J connectivity index is 1.76. The fourth-order valence-electron chi connectivity index (χ4n) is 1.97. The molecule has 15 heavy (non-hydrogen) atoms. The Kier molecular flexibility index (Phi) is 3.27. The summed E-state index contributed by atoms with van der Waals surface area (Å²) in [6.45, 7) is 4.13. The first kappa shape index (κ1) is 10.5. The third-order valence-electron chi connectivity index (χ3n) is 3.15. The molecule has 0 aromatic carbocycles. The minimum atomic E-state index is 0.578. The van der Waals surface area contributed by atoms with Gasteiger partial charge in [-0.2, -0.15) is 5.21 Å². The molecule has 1 aliphatic rings. The molecule has 1 aliphatic heterocycles. The molecule has 1 saturated heterocycles. The summed E-state index contributed by atoms with van der Waals surface area (Å²) in [5.74, 6) is 0.738. The molecule has 0 amide bonds. The van der Waals surface area contributed by atoms with E-state index in [1.807, 2.05) is 0 Å². The van der Waals surface area contributed by atoms with E-state index >= 15 is 0 Å². The molecule has 2 heterocycles. The van der Waals surface area contributed by atoms with Crippen LogP contribution in [0.4, 0.5) is 0 Å². The van der Waals surface area contributed by atoms with Gasteiger partial charge in [0.15, 0.2) is 5.82 Å². The van der Waals surface area contributed by atoms with Gasteiger partial charge >= 0.3 is 0 Å². The molecule has 0 bridgehead atoms. The number of aromatic amines is 1. The van der Waals surface area contributed by atoms with Gasteiger partial charge in [0.25, 0.3) is 0 Å². The summed E-state index contributed by atoms with van der Waals surface area (Å²) in [6, 6.07) is 1.23. The third kappa shape index (κ3) is 2.73.